The Bertz CT molecular complexity index is 503. The molecule has 0 aromatic heterocycles. The van der Waals surface area contributed by atoms with Crippen LogP contribution in [0.3, 0.4) is 0 Å². The Labute approximate surface area is 129 Å². The lowest BCUT2D eigenvalue weighted by atomic mass is 9.98. The van der Waals surface area contributed by atoms with Crippen molar-refractivity contribution in [3.63, 3.8) is 0 Å². The third-order valence-corrected chi connectivity index (χ3v) is 5.34. The molecule has 0 spiro atoms. The first-order valence-electron chi connectivity index (χ1n) is 6.41. The highest BCUT2D eigenvalue weighted by Gasteiger charge is 2.45. The van der Waals surface area contributed by atoms with E-state index in [-0.39, 0.29) is 22.1 Å². The van der Waals surface area contributed by atoms with Gasteiger partial charge in [-0.25, -0.2) is 4.79 Å². The van der Waals surface area contributed by atoms with Gasteiger partial charge in [-0.1, -0.05) is 45.2 Å². The third kappa shape index (κ3) is 3.68. The molecule has 20 heavy (non-hydrogen) atoms. The summed E-state index contributed by atoms with van der Waals surface area (Å²) in [4.78, 5) is 12.1. The van der Waals surface area contributed by atoms with E-state index in [1.807, 2.05) is 13.0 Å². The van der Waals surface area contributed by atoms with Crippen LogP contribution < -0.4 is 0 Å². The molecule has 0 aliphatic heterocycles. The van der Waals surface area contributed by atoms with E-state index in [4.69, 9.17) is 4.74 Å². The monoisotopic (exact) mass is 359 g/mol. The van der Waals surface area contributed by atoms with Crippen LogP contribution in [-0.2, 0) is 15.8 Å². The Morgan fingerprint density at radius 2 is 2.15 bits per heavy atom. The molecule has 1 aliphatic rings. The maximum absolute atomic E-state index is 12.1. The van der Waals surface area contributed by atoms with E-state index >= 15 is 0 Å². The smallest absolute Gasteiger partial charge is 0.338 e. The lowest BCUT2D eigenvalue weighted by molar-refractivity contribution is 0.0218. The van der Waals surface area contributed by atoms with Crippen LogP contribution in [-0.4, -0.2) is 30.9 Å². The second-order valence-electron chi connectivity index (χ2n) is 5.20. The topological polar surface area (TPSA) is 66.4 Å². The average Bonchev–Trinajstić information content (AvgIpc) is 2.67. The van der Waals surface area contributed by atoms with Crippen LogP contribution in [0.4, 0.5) is 0 Å². The number of hydrogen-bond acceptors (Lipinski definition) is 4. The van der Waals surface area contributed by atoms with Gasteiger partial charge in [0.25, 0.3) is 0 Å². The largest absolute Gasteiger partial charge is 0.772 e. The normalized spacial score (nSPS) is 30.9. The summed E-state index contributed by atoms with van der Waals surface area (Å²) in [6.07, 6.45) is 1.08. The molecule has 4 unspecified atom stereocenters. The van der Waals surface area contributed by atoms with Crippen molar-refractivity contribution < 1.29 is 18.3 Å². The van der Waals surface area contributed by atoms with Crippen molar-refractivity contribution in [1.29, 1.82) is 0 Å². The van der Waals surface area contributed by atoms with Crippen LogP contribution >= 0.6 is 15.9 Å². The number of rotatable bonds is 4. The molecule has 0 bridgehead atoms. The van der Waals surface area contributed by atoms with Gasteiger partial charge in [-0.05, 0) is 31.9 Å². The highest BCUT2D eigenvalue weighted by molar-refractivity contribution is 9.10. The number of benzene rings is 1. The Morgan fingerprint density at radius 3 is 2.75 bits per heavy atom. The summed E-state index contributed by atoms with van der Waals surface area (Å²) in [5, 5.41) is 0. The standard InChI is InChI=1S/C14H17BrO4S/c1-14(15)8-7-12(11(14)9-20(17)18)19-13(16)10-5-3-2-4-6-10/h2-6,11-12H,7-9H2,1H3,(H,17,18)/p-1. The van der Waals surface area contributed by atoms with Gasteiger partial charge in [-0.3, -0.25) is 4.21 Å². The molecule has 1 aromatic rings. The van der Waals surface area contributed by atoms with E-state index in [1.165, 1.54) is 0 Å². The van der Waals surface area contributed by atoms with Gasteiger partial charge in [-0.2, -0.15) is 0 Å². The molecule has 6 heteroatoms. The summed E-state index contributed by atoms with van der Waals surface area (Å²) in [5.74, 6) is -0.634. The zero-order chi connectivity index (χ0) is 14.8. The van der Waals surface area contributed by atoms with Crippen LogP contribution in [0.2, 0.25) is 0 Å². The summed E-state index contributed by atoms with van der Waals surface area (Å²) >= 11 is 1.41. The Morgan fingerprint density at radius 1 is 1.50 bits per heavy atom. The predicted molar refractivity (Wildman–Crippen MR) is 79.5 cm³/mol. The Balaban J connectivity index is 2.08. The lowest BCUT2D eigenvalue weighted by Crippen LogP contribution is -2.35. The van der Waals surface area contributed by atoms with Crippen molar-refractivity contribution >= 4 is 33.0 Å². The fourth-order valence-corrected chi connectivity index (χ4v) is 4.32. The van der Waals surface area contributed by atoms with Crippen LogP contribution in [0.5, 0.6) is 0 Å². The average molecular weight is 360 g/mol. The van der Waals surface area contributed by atoms with Crippen molar-refractivity contribution in [2.45, 2.75) is 30.2 Å². The number of ether oxygens (including phenoxy) is 1. The minimum Gasteiger partial charge on any atom is -0.772 e. The van der Waals surface area contributed by atoms with Crippen LogP contribution in [0, 0.1) is 5.92 Å². The summed E-state index contributed by atoms with van der Waals surface area (Å²) in [6.45, 7) is 1.95. The van der Waals surface area contributed by atoms with E-state index in [0.29, 0.717) is 12.0 Å². The molecule has 1 aromatic carbocycles. The zero-order valence-corrected chi connectivity index (χ0v) is 13.5. The molecule has 4 nitrogen and oxygen atoms in total. The van der Waals surface area contributed by atoms with E-state index in [0.717, 1.165) is 6.42 Å². The highest BCUT2D eigenvalue weighted by Crippen LogP contribution is 2.44. The fourth-order valence-electron chi connectivity index (χ4n) is 2.55. The summed E-state index contributed by atoms with van der Waals surface area (Å²) in [6, 6.07) is 8.73. The number of carbonyl (C=O) groups is 1. The first kappa shape index (κ1) is 15.7. The molecule has 1 saturated carbocycles. The molecule has 0 saturated heterocycles. The van der Waals surface area contributed by atoms with Crippen molar-refractivity contribution in [2.24, 2.45) is 5.92 Å². The van der Waals surface area contributed by atoms with Gasteiger partial charge in [0, 0.05) is 16.0 Å². The van der Waals surface area contributed by atoms with E-state index in [2.05, 4.69) is 15.9 Å². The van der Waals surface area contributed by atoms with Gasteiger partial charge in [0.15, 0.2) is 0 Å². The summed E-state index contributed by atoms with van der Waals surface area (Å²) in [7, 11) is 0. The van der Waals surface area contributed by atoms with Gasteiger partial charge in [0.1, 0.15) is 6.10 Å². The maximum atomic E-state index is 12.1. The molecule has 2 rings (SSSR count). The molecule has 1 fully saturated rings. The van der Waals surface area contributed by atoms with Gasteiger partial charge in [-0.15, -0.1) is 0 Å². The van der Waals surface area contributed by atoms with E-state index in [9.17, 15) is 13.6 Å². The quantitative estimate of drug-likeness (QED) is 0.470. The molecule has 0 N–H and O–H groups in total. The number of esters is 1. The third-order valence-electron chi connectivity index (χ3n) is 3.72. The van der Waals surface area contributed by atoms with Crippen LogP contribution in [0.25, 0.3) is 0 Å². The van der Waals surface area contributed by atoms with Crippen molar-refractivity contribution in [2.75, 3.05) is 5.75 Å². The number of hydrogen-bond donors (Lipinski definition) is 0. The summed E-state index contributed by atoms with van der Waals surface area (Å²) < 4.78 is 27.2. The van der Waals surface area contributed by atoms with Crippen LogP contribution in [0.1, 0.15) is 30.1 Å². The van der Waals surface area contributed by atoms with Gasteiger partial charge < -0.3 is 9.29 Å². The number of carbonyl (C=O) groups excluding carboxylic acids is 1. The SMILES string of the molecule is CC1(Br)CCC(OC(=O)c2ccccc2)C1CS(=O)[O-]. The molecule has 110 valence electrons. The minimum atomic E-state index is -2.15. The van der Waals surface area contributed by atoms with Crippen molar-refractivity contribution in [3.8, 4) is 0 Å². The number of halogens is 1. The zero-order valence-electron chi connectivity index (χ0n) is 11.1. The molecule has 1 aliphatic carbocycles. The molecule has 0 heterocycles. The molecular formula is C14H16BrO4S-. The molecule has 0 amide bonds. The molecule has 0 radical (unpaired) electrons. The molecule has 4 atom stereocenters. The highest BCUT2D eigenvalue weighted by atomic mass is 79.9. The fraction of sp³-hybridized carbons (Fsp3) is 0.500. The Kier molecular flexibility index (Phi) is 4.99. The van der Waals surface area contributed by atoms with Gasteiger partial charge in [0.05, 0.1) is 5.56 Å². The van der Waals surface area contributed by atoms with E-state index < -0.39 is 17.0 Å². The van der Waals surface area contributed by atoms with Crippen LogP contribution in [0.15, 0.2) is 30.3 Å². The van der Waals surface area contributed by atoms with Gasteiger partial charge in [0.2, 0.25) is 0 Å². The van der Waals surface area contributed by atoms with E-state index in [1.54, 1.807) is 24.3 Å². The lowest BCUT2D eigenvalue weighted by Gasteiger charge is -2.29. The second-order valence-corrected chi connectivity index (χ2v) is 7.96. The predicted octanol–water partition coefficient (Wildman–Crippen LogP) is 2.65. The minimum absolute atomic E-state index is 0.00547. The van der Waals surface area contributed by atoms with Crippen molar-refractivity contribution in [3.05, 3.63) is 35.9 Å². The number of alkyl halides is 1. The second kappa shape index (κ2) is 6.37. The molecular weight excluding hydrogens is 344 g/mol. The maximum Gasteiger partial charge on any atom is 0.338 e. The van der Waals surface area contributed by atoms with Gasteiger partial charge >= 0.3 is 5.97 Å². The Hall–Kier alpha value is -0.720. The van der Waals surface area contributed by atoms with Crippen molar-refractivity contribution in [1.82, 2.24) is 0 Å². The first-order valence-corrected chi connectivity index (χ1v) is 8.44. The first-order chi connectivity index (χ1) is 9.40. The summed E-state index contributed by atoms with van der Waals surface area (Å²) in [5.41, 5.74) is 0.484.